The van der Waals surface area contributed by atoms with Crippen molar-refractivity contribution < 1.29 is 28.8 Å². The van der Waals surface area contributed by atoms with Crippen LogP contribution in [0.15, 0.2) is 152 Å². The Morgan fingerprint density at radius 1 is 0.354 bits per heavy atom. The van der Waals surface area contributed by atoms with Gasteiger partial charge in [0.25, 0.3) is 0 Å². The minimum atomic E-state index is -1.01. The second kappa shape index (κ2) is 17.9. The van der Waals surface area contributed by atoms with Crippen molar-refractivity contribution in [2.45, 2.75) is 63.6 Å². The summed E-state index contributed by atoms with van der Waals surface area (Å²) in [7, 11) is 0. The smallest absolute Gasteiger partial charge is 0.115 e. The summed E-state index contributed by atoms with van der Waals surface area (Å²) in [5.74, 6) is -0.367. The van der Waals surface area contributed by atoms with Crippen molar-refractivity contribution >= 4 is 0 Å². The largest absolute Gasteiger partial charge is 0.388 e. The van der Waals surface area contributed by atoms with Gasteiger partial charge in [-0.2, -0.15) is 0 Å². The molecule has 6 nitrogen and oxygen atoms in total. The molecule has 0 bridgehead atoms. The van der Waals surface area contributed by atoms with Crippen molar-refractivity contribution in [3.63, 3.8) is 0 Å². The Kier molecular flexibility index (Phi) is 12.6. The fourth-order valence-corrected chi connectivity index (χ4v) is 6.22. The van der Waals surface area contributed by atoms with Gasteiger partial charge in [-0.25, -0.2) is 0 Å². The van der Waals surface area contributed by atoms with Crippen LogP contribution >= 0.6 is 0 Å². The summed E-state index contributed by atoms with van der Waals surface area (Å²) in [4.78, 5) is 0. The van der Waals surface area contributed by atoms with E-state index in [1.54, 1.807) is 0 Å². The number of aliphatic hydroxyl groups is 1. The molecule has 48 heavy (non-hydrogen) atoms. The summed E-state index contributed by atoms with van der Waals surface area (Å²) in [5, 5.41) is 12.2. The quantitative estimate of drug-likeness (QED) is 0.120. The summed E-state index contributed by atoms with van der Waals surface area (Å²) in [6.45, 7) is 2.04. The molecule has 1 aliphatic rings. The highest BCUT2D eigenvalue weighted by molar-refractivity contribution is 5.18. The highest BCUT2D eigenvalue weighted by atomic mass is 16.6. The van der Waals surface area contributed by atoms with E-state index >= 15 is 0 Å². The highest BCUT2D eigenvalue weighted by Crippen LogP contribution is 2.36. The first kappa shape index (κ1) is 33.7. The fraction of sp³-hybridized carbons (Fsp3) is 0.286. The molecule has 0 aliphatic heterocycles. The molecule has 0 saturated heterocycles. The Balaban J connectivity index is 1.33. The third-order valence-electron chi connectivity index (χ3n) is 8.73. The van der Waals surface area contributed by atoms with Crippen molar-refractivity contribution in [2.24, 2.45) is 5.92 Å². The predicted octanol–water partition coefficient (Wildman–Crippen LogP) is 7.54. The fourth-order valence-electron chi connectivity index (χ4n) is 6.22. The minimum absolute atomic E-state index is 0.293. The molecule has 1 aliphatic carbocycles. The van der Waals surface area contributed by atoms with Gasteiger partial charge in [-0.1, -0.05) is 152 Å². The topological polar surface area (TPSA) is 66.4 Å². The lowest BCUT2D eigenvalue weighted by molar-refractivity contribution is -0.265. The van der Waals surface area contributed by atoms with Gasteiger partial charge in [0.15, 0.2) is 0 Å². The first-order valence-corrected chi connectivity index (χ1v) is 16.7. The van der Waals surface area contributed by atoms with Gasteiger partial charge in [-0.3, -0.25) is 0 Å². The van der Waals surface area contributed by atoms with Crippen molar-refractivity contribution in [2.75, 3.05) is 6.61 Å². The van der Waals surface area contributed by atoms with Crippen LogP contribution in [0.25, 0.3) is 0 Å². The van der Waals surface area contributed by atoms with E-state index in [0.29, 0.717) is 39.6 Å². The molecule has 0 amide bonds. The van der Waals surface area contributed by atoms with E-state index in [0.717, 1.165) is 27.8 Å². The molecular weight excluding hydrogens is 600 g/mol. The molecule has 0 aromatic heterocycles. The molecule has 5 aromatic rings. The zero-order chi connectivity index (χ0) is 32.8. The van der Waals surface area contributed by atoms with Crippen molar-refractivity contribution in [1.82, 2.24) is 0 Å². The standard InChI is InChI=1S/C42H44O6/c43-38-39(45-27-33-18-8-2-9-19-33)37(31-44-26-32-16-6-1-7-17-32)40(46-28-34-20-10-3-11-21-34)42(48-30-36-24-14-5-15-25-36)41(38)47-29-35-22-12-4-13-23-35/h1-25,37-43H,26-31H2. The molecule has 1 N–H and O–H groups in total. The van der Waals surface area contributed by atoms with Gasteiger partial charge in [0, 0.05) is 5.92 Å². The van der Waals surface area contributed by atoms with E-state index in [2.05, 4.69) is 0 Å². The molecule has 6 rings (SSSR count). The lowest BCUT2D eigenvalue weighted by Gasteiger charge is -2.48. The Morgan fingerprint density at radius 3 is 1.06 bits per heavy atom. The maximum Gasteiger partial charge on any atom is 0.115 e. The first-order chi connectivity index (χ1) is 23.7. The van der Waals surface area contributed by atoms with Crippen molar-refractivity contribution in [1.29, 1.82) is 0 Å². The second-order valence-electron chi connectivity index (χ2n) is 12.2. The molecule has 6 unspecified atom stereocenters. The number of ether oxygens (including phenoxy) is 5. The normalized spacial score (nSPS) is 22.4. The Morgan fingerprint density at radius 2 is 0.667 bits per heavy atom. The number of aliphatic hydroxyl groups excluding tert-OH is 1. The zero-order valence-corrected chi connectivity index (χ0v) is 27.1. The van der Waals surface area contributed by atoms with E-state index in [9.17, 15) is 5.11 Å². The van der Waals surface area contributed by atoms with Gasteiger partial charge in [0.05, 0.1) is 51.8 Å². The second-order valence-corrected chi connectivity index (χ2v) is 12.2. The highest BCUT2D eigenvalue weighted by Gasteiger charge is 2.53. The summed E-state index contributed by atoms with van der Waals surface area (Å²) < 4.78 is 33.1. The molecule has 0 spiro atoms. The lowest BCUT2D eigenvalue weighted by atomic mass is 9.78. The van der Waals surface area contributed by atoms with Crippen molar-refractivity contribution in [3.8, 4) is 0 Å². The van der Waals surface area contributed by atoms with E-state index in [1.165, 1.54) is 0 Å². The molecule has 6 atom stereocenters. The van der Waals surface area contributed by atoms with E-state index in [4.69, 9.17) is 23.7 Å². The molecule has 1 fully saturated rings. The van der Waals surface area contributed by atoms with E-state index in [-0.39, 0.29) is 5.92 Å². The average molecular weight is 645 g/mol. The Hall–Kier alpha value is -4.14. The maximum atomic E-state index is 12.2. The Labute approximate surface area is 283 Å². The SMILES string of the molecule is OC1C(OCc2ccccc2)C(COCc2ccccc2)C(OCc2ccccc2)C(OCc2ccccc2)C1OCc1ccccc1. The van der Waals surface area contributed by atoms with Crippen LogP contribution in [0.4, 0.5) is 0 Å². The van der Waals surface area contributed by atoms with Gasteiger partial charge in [0.2, 0.25) is 0 Å². The molecule has 1 saturated carbocycles. The zero-order valence-electron chi connectivity index (χ0n) is 27.1. The van der Waals surface area contributed by atoms with Crippen LogP contribution in [-0.4, -0.2) is 42.2 Å². The molecule has 0 radical (unpaired) electrons. The van der Waals surface area contributed by atoms with E-state index < -0.39 is 30.5 Å². The molecular formula is C42H44O6. The van der Waals surface area contributed by atoms with Gasteiger partial charge in [-0.05, 0) is 27.8 Å². The van der Waals surface area contributed by atoms with Crippen LogP contribution in [0.2, 0.25) is 0 Å². The van der Waals surface area contributed by atoms with Crippen LogP contribution in [0.3, 0.4) is 0 Å². The van der Waals surface area contributed by atoms with Crippen LogP contribution in [0, 0.1) is 5.92 Å². The van der Waals surface area contributed by atoms with Gasteiger partial charge in [-0.15, -0.1) is 0 Å². The summed E-state index contributed by atoms with van der Waals surface area (Å²) >= 11 is 0. The van der Waals surface area contributed by atoms with Gasteiger partial charge < -0.3 is 28.8 Å². The third-order valence-corrected chi connectivity index (χ3v) is 8.73. The number of rotatable bonds is 16. The first-order valence-electron chi connectivity index (χ1n) is 16.7. The number of hydrogen-bond donors (Lipinski definition) is 1. The predicted molar refractivity (Wildman–Crippen MR) is 186 cm³/mol. The van der Waals surface area contributed by atoms with Crippen LogP contribution < -0.4 is 0 Å². The minimum Gasteiger partial charge on any atom is -0.388 e. The third kappa shape index (κ3) is 9.48. The van der Waals surface area contributed by atoms with Gasteiger partial charge >= 0.3 is 0 Å². The Bertz CT molecular complexity index is 1590. The summed E-state index contributed by atoms with van der Waals surface area (Å²) in [6, 6.07) is 50.2. The average Bonchev–Trinajstić information content (AvgIpc) is 3.15. The maximum absolute atomic E-state index is 12.2. The van der Waals surface area contributed by atoms with Gasteiger partial charge in [0.1, 0.15) is 18.3 Å². The lowest BCUT2D eigenvalue weighted by Crippen LogP contribution is -2.64. The summed E-state index contributed by atoms with van der Waals surface area (Å²) in [5.41, 5.74) is 5.15. The van der Waals surface area contributed by atoms with Crippen LogP contribution in [0.1, 0.15) is 27.8 Å². The molecule has 248 valence electrons. The van der Waals surface area contributed by atoms with Crippen molar-refractivity contribution in [3.05, 3.63) is 179 Å². The monoisotopic (exact) mass is 644 g/mol. The van der Waals surface area contributed by atoms with E-state index in [1.807, 2.05) is 152 Å². The van der Waals surface area contributed by atoms with Crippen LogP contribution in [-0.2, 0) is 56.7 Å². The molecule has 6 heteroatoms. The summed E-state index contributed by atoms with van der Waals surface area (Å²) in [6.07, 6.45) is -3.54. The molecule has 5 aromatic carbocycles. The molecule has 0 heterocycles. The van der Waals surface area contributed by atoms with Crippen LogP contribution in [0.5, 0.6) is 0 Å². The number of benzene rings is 5. The number of hydrogen-bond acceptors (Lipinski definition) is 6.